The SMILES string of the molecule is CCCCNc1cnc(C(=O)Nc2ccc(OCc3ccccc3)cc2)cn1. The van der Waals surface area contributed by atoms with Gasteiger partial charge >= 0.3 is 0 Å². The molecule has 0 saturated carbocycles. The Kier molecular flexibility index (Phi) is 6.95. The van der Waals surface area contributed by atoms with Crippen LogP contribution in [0.2, 0.25) is 0 Å². The van der Waals surface area contributed by atoms with Crippen LogP contribution in [0.3, 0.4) is 0 Å². The molecule has 144 valence electrons. The molecule has 3 aromatic rings. The molecule has 28 heavy (non-hydrogen) atoms. The Hall–Kier alpha value is -3.41. The van der Waals surface area contributed by atoms with E-state index in [0.29, 0.717) is 18.1 Å². The second-order valence-electron chi connectivity index (χ2n) is 6.32. The number of anilines is 2. The lowest BCUT2D eigenvalue weighted by Gasteiger charge is -2.09. The lowest BCUT2D eigenvalue weighted by Crippen LogP contribution is -2.14. The summed E-state index contributed by atoms with van der Waals surface area (Å²) in [7, 11) is 0. The standard InChI is InChI=1S/C22H24N4O2/c1-2-3-13-23-21-15-24-20(14-25-21)22(27)26-18-9-11-19(12-10-18)28-16-17-7-5-4-6-8-17/h4-12,14-15H,2-3,13,16H2,1H3,(H,23,25)(H,26,27). The zero-order valence-electron chi connectivity index (χ0n) is 15.9. The maximum atomic E-state index is 12.3. The first-order chi connectivity index (χ1) is 13.7. The minimum Gasteiger partial charge on any atom is -0.489 e. The van der Waals surface area contributed by atoms with Gasteiger partial charge in [0.1, 0.15) is 23.9 Å². The van der Waals surface area contributed by atoms with Crippen molar-refractivity contribution in [3.05, 3.63) is 78.2 Å². The molecule has 1 aromatic heterocycles. The molecule has 0 fully saturated rings. The van der Waals surface area contributed by atoms with E-state index in [0.717, 1.165) is 30.7 Å². The van der Waals surface area contributed by atoms with Gasteiger partial charge < -0.3 is 15.4 Å². The van der Waals surface area contributed by atoms with Crippen LogP contribution in [0.5, 0.6) is 5.75 Å². The summed E-state index contributed by atoms with van der Waals surface area (Å²) in [6, 6.07) is 17.2. The first-order valence-electron chi connectivity index (χ1n) is 9.38. The van der Waals surface area contributed by atoms with E-state index in [4.69, 9.17) is 4.74 Å². The molecule has 0 spiro atoms. The zero-order valence-corrected chi connectivity index (χ0v) is 15.9. The summed E-state index contributed by atoms with van der Waals surface area (Å²) in [5.74, 6) is 1.11. The number of carbonyl (C=O) groups is 1. The van der Waals surface area contributed by atoms with Crippen LogP contribution < -0.4 is 15.4 Å². The molecule has 1 amide bonds. The molecule has 3 rings (SSSR count). The highest BCUT2D eigenvalue weighted by molar-refractivity contribution is 6.02. The van der Waals surface area contributed by atoms with Crippen LogP contribution in [0.1, 0.15) is 35.8 Å². The van der Waals surface area contributed by atoms with E-state index in [1.807, 2.05) is 42.5 Å². The third-order valence-electron chi connectivity index (χ3n) is 4.08. The lowest BCUT2D eigenvalue weighted by molar-refractivity contribution is 0.102. The number of benzene rings is 2. The second-order valence-corrected chi connectivity index (χ2v) is 6.32. The van der Waals surface area contributed by atoms with E-state index >= 15 is 0 Å². The average molecular weight is 376 g/mol. The van der Waals surface area contributed by atoms with Crippen LogP contribution in [0.15, 0.2) is 67.0 Å². The molecule has 0 unspecified atom stereocenters. The first-order valence-corrected chi connectivity index (χ1v) is 9.38. The van der Waals surface area contributed by atoms with E-state index < -0.39 is 0 Å². The molecule has 2 N–H and O–H groups in total. The molecule has 0 aliphatic carbocycles. The van der Waals surface area contributed by atoms with Crippen LogP contribution >= 0.6 is 0 Å². The molecule has 6 nitrogen and oxygen atoms in total. The van der Waals surface area contributed by atoms with Gasteiger partial charge in [-0.3, -0.25) is 4.79 Å². The molecule has 0 bridgehead atoms. The number of rotatable bonds is 9. The van der Waals surface area contributed by atoms with Gasteiger partial charge in [-0.1, -0.05) is 43.7 Å². The first kappa shape index (κ1) is 19.4. The number of aromatic nitrogens is 2. The van der Waals surface area contributed by atoms with Crippen molar-refractivity contribution in [2.45, 2.75) is 26.4 Å². The Morgan fingerprint density at radius 1 is 1.00 bits per heavy atom. The summed E-state index contributed by atoms with van der Waals surface area (Å²) in [5, 5.41) is 5.99. The molecule has 6 heteroatoms. The smallest absolute Gasteiger partial charge is 0.275 e. The van der Waals surface area contributed by atoms with Crippen molar-refractivity contribution in [3.8, 4) is 5.75 Å². The van der Waals surface area contributed by atoms with Gasteiger partial charge in [-0.25, -0.2) is 9.97 Å². The highest BCUT2D eigenvalue weighted by Gasteiger charge is 2.08. The molecule has 0 saturated heterocycles. The van der Waals surface area contributed by atoms with Crippen molar-refractivity contribution >= 4 is 17.4 Å². The van der Waals surface area contributed by atoms with E-state index in [1.165, 1.54) is 6.20 Å². The Bertz CT molecular complexity index is 865. The Labute approximate surface area is 165 Å². The van der Waals surface area contributed by atoms with Crippen molar-refractivity contribution in [2.24, 2.45) is 0 Å². The van der Waals surface area contributed by atoms with E-state index in [-0.39, 0.29) is 11.6 Å². The number of ether oxygens (including phenoxy) is 1. The van der Waals surface area contributed by atoms with Gasteiger partial charge in [-0.15, -0.1) is 0 Å². The average Bonchev–Trinajstić information content (AvgIpc) is 2.75. The molecule has 0 atom stereocenters. The zero-order chi connectivity index (χ0) is 19.6. The topological polar surface area (TPSA) is 76.1 Å². The second kappa shape index (κ2) is 10.1. The van der Waals surface area contributed by atoms with E-state index in [1.54, 1.807) is 18.3 Å². The van der Waals surface area contributed by atoms with Crippen LogP contribution in [0.4, 0.5) is 11.5 Å². The van der Waals surface area contributed by atoms with Crippen molar-refractivity contribution in [2.75, 3.05) is 17.2 Å². The van der Waals surface area contributed by atoms with Gasteiger partial charge in [-0.2, -0.15) is 0 Å². The Morgan fingerprint density at radius 2 is 1.79 bits per heavy atom. The van der Waals surface area contributed by atoms with Crippen LogP contribution in [-0.4, -0.2) is 22.4 Å². The summed E-state index contributed by atoms with van der Waals surface area (Å²) >= 11 is 0. The predicted octanol–water partition coefficient (Wildman–Crippen LogP) is 4.52. The van der Waals surface area contributed by atoms with Crippen LogP contribution in [0, 0.1) is 0 Å². The fraction of sp³-hybridized carbons (Fsp3) is 0.227. The number of nitrogens with zero attached hydrogens (tertiary/aromatic N) is 2. The normalized spacial score (nSPS) is 10.3. The lowest BCUT2D eigenvalue weighted by atomic mass is 10.2. The van der Waals surface area contributed by atoms with Crippen molar-refractivity contribution in [3.63, 3.8) is 0 Å². The summed E-state index contributed by atoms with van der Waals surface area (Å²) in [6.07, 6.45) is 5.22. The monoisotopic (exact) mass is 376 g/mol. The maximum absolute atomic E-state index is 12.3. The number of nitrogens with one attached hydrogen (secondary N) is 2. The highest BCUT2D eigenvalue weighted by atomic mass is 16.5. The molecule has 0 aliphatic rings. The minimum atomic E-state index is -0.300. The highest BCUT2D eigenvalue weighted by Crippen LogP contribution is 2.17. The van der Waals surface area contributed by atoms with Crippen molar-refractivity contribution in [1.29, 1.82) is 0 Å². The van der Waals surface area contributed by atoms with Gasteiger partial charge in [0.2, 0.25) is 0 Å². The van der Waals surface area contributed by atoms with Gasteiger partial charge in [-0.05, 0) is 36.2 Å². The largest absolute Gasteiger partial charge is 0.489 e. The molecular weight excluding hydrogens is 352 g/mol. The number of hydrogen-bond donors (Lipinski definition) is 2. The third-order valence-corrected chi connectivity index (χ3v) is 4.08. The third kappa shape index (κ3) is 5.81. The number of carbonyl (C=O) groups excluding carboxylic acids is 1. The van der Waals surface area contributed by atoms with Crippen LogP contribution in [-0.2, 0) is 6.61 Å². The van der Waals surface area contributed by atoms with Gasteiger partial charge in [0.05, 0.1) is 12.4 Å². The van der Waals surface area contributed by atoms with E-state index in [9.17, 15) is 4.79 Å². The van der Waals surface area contributed by atoms with Crippen molar-refractivity contribution < 1.29 is 9.53 Å². The van der Waals surface area contributed by atoms with Gasteiger partial charge in [0.25, 0.3) is 5.91 Å². The fourth-order valence-electron chi connectivity index (χ4n) is 2.50. The fourth-order valence-corrected chi connectivity index (χ4v) is 2.50. The van der Waals surface area contributed by atoms with Crippen LogP contribution in [0.25, 0.3) is 0 Å². The summed E-state index contributed by atoms with van der Waals surface area (Å²) in [6.45, 7) is 3.47. The summed E-state index contributed by atoms with van der Waals surface area (Å²) in [5.41, 5.74) is 2.04. The maximum Gasteiger partial charge on any atom is 0.275 e. The summed E-state index contributed by atoms with van der Waals surface area (Å²) in [4.78, 5) is 20.7. The van der Waals surface area contributed by atoms with Crippen molar-refractivity contribution in [1.82, 2.24) is 9.97 Å². The Balaban J connectivity index is 1.51. The number of amides is 1. The van der Waals surface area contributed by atoms with Gasteiger partial charge in [0.15, 0.2) is 0 Å². The molecular formula is C22H24N4O2. The molecule has 2 aromatic carbocycles. The quantitative estimate of drug-likeness (QED) is 0.537. The Morgan fingerprint density at radius 3 is 2.46 bits per heavy atom. The number of hydrogen-bond acceptors (Lipinski definition) is 5. The minimum absolute atomic E-state index is 0.269. The van der Waals surface area contributed by atoms with E-state index in [2.05, 4.69) is 27.5 Å². The summed E-state index contributed by atoms with van der Waals surface area (Å²) < 4.78 is 5.75. The van der Waals surface area contributed by atoms with Gasteiger partial charge in [0, 0.05) is 12.2 Å². The molecule has 0 aliphatic heterocycles. The number of unbranched alkanes of at least 4 members (excludes halogenated alkanes) is 1. The molecule has 1 heterocycles. The molecule has 0 radical (unpaired) electrons. The predicted molar refractivity (Wildman–Crippen MR) is 111 cm³/mol.